The van der Waals surface area contributed by atoms with Crippen LogP contribution in [-0.4, -0.2) is 26.1 Å². The smallest absolute Gasteiger partial charge is 0.337 e. The Morgan fingerprint density at radius 1 is 1.00 bits per heavy atom. The zero-order valence-electron chi connectivity index (χ0n) is 12.9. The van der Waals surface area contributed by atoms with Gasteiger partial charge in [-0.05, 0) is 35.9 Å². The third-order valence-electron chi connectivity index (χ3n) is 3.12. The van der Waals surface area contributed by atoms with E-state index >= 15 is 0 Å². The SMILES string of the molecule is COC(=O)c1ccc(C=CC(=O)Nc2ccccc2OC)cc1. The Kier molecular flexibility index (Phi) is 5.52. The van der Waals surface area contributed by atoms with Crippen molar-refractivity contribution in [1.29, 1.82) is 0 Å². The molecule has 0 bridgehead atoms. The lowest BCUT2D eigenvalue weighted by Crippen LogP contribution is -2.08. The summed E-state index contributed by atoms with van der Waals surface area (Å²) in [6.07, 6.45) is 3.07. The molecule has 2 rings (SSSR count). The summed E-state index contributed by atoms with van der Waals surface area (Å²) in [5.74, 6) is -0.0716. The Morgan fingerprint density at radius 3 is 2.35 bits per heavy atom. The topological polar surface area (TPSA) is 64.6 Å². The molecule has 2 aromatic rings. The highest BCUT2D eigenvalue weighted by Gasteiger charge is 2.05. The van der Waals surface area contributed by atoms with Gasteiger partial charge in [0.15, 0.2) is 0 Å². The number of carbonyl (C=O) groups is 2. The van der Waals surface area contributed by atoms with Gasteiger partial charge in [-0.2, -0.15) is 0 Å². The number of hydrogen-bond donors (Lipinski definition) is 1. The Morgan fingerprint density at radius 2 is 1.70 bits per heavy atom. The fraction of sp³-hybridized carbons (Fsp3) is 0.111. The van der Waals surface area contributed by atoms with E-state index in [1.165, 1.54) is 13.2 Å². The van der Waals surface area contributed by atoms with E-state index in [-0.39, 0.29) is 5.91 Å². The number of methoxy groups -OCH3 is 2. The molecule has 0 aliphatic heterocycles. The van der Waals surface area contributed by atoms with Crippen molar-refractivity contribution in [2.75, 3.05) is 19.5 Å². The number of hydrogen-bond acceptors (Lipinski definition) is 4. The Balaban J connectivity index is 2.02. The Labute approximate surface area is 134 Å². The summed E-state index contributed by atoms with van der Waals surface area (Å²) in [6.45, 7) is 0. The molecule has 0 unspecified atom stereocenters. The second-order valence-electron chi connectivity index (χ2n) is 4.64. The van der Waals surface area contributed by atoms with Gasteiger partial charge >= 0.3 is 5.97 Å². The molecule has 23 heavy (non-hydrogen) atoms. The number of para-hydroxylation sites is 2. The number of carbonyl (C=O) groups excluding carboxylic acids is 2. The van der Waals surface area contributed by atoms with Gasteiger partial charge in [0.1, 0.15) is 5.75 Å². The summed E-state index contributed by atoms with van der Waals surface area (Å²) in [5, 5.41) is 2.75. The van der Waals surface area contributed by atoms with E-state index in [1.807, 2.05) is 12.1 Å². The predicted octanol–water partition coefficient (Wildman–Crippen LogP) is 3.13. The van der Waals surface area contributed by atoms with Crippen molar-refractivity contribution in [2.24, 2.45) is 0 Å². The minimum atomic E-state index is -0.394. The van der Waals surface area contributed by atoms with Crippen molar-refractivity contribution in [2.45, 2.75) is 0 Å². The van der Waals surface area contributed by atoms with Crippen LogP contribution in [0.1, 0.15) is 15.9 Å². The molecular weight excluding hydrogens is 294 g/mol. The van der Waals surface area contributed by atoms with Crippen molar-refractivity contribution in [3.8, 4) is 5.75 Å². The highest BCUT2D eigenvalue weighted by molar-refractivity contribution is 6.02. The average Bonchev–Trinajstić information content (AvgIpc) is 2.60. The summed E-state index contributed by atoms with van der Waals surface area (Å²) in [5.41, 5.74) is 1.86. The van der Waals surface area contributed by atoms with Crippen LogP contribution in [0.3, 0.4) is 0 Å². The number of nitrogens with one attached hydrogen (secondary N) is 1. The lowest BCUT2D eigenvalue weighted by atomic mass is 10.1. The molecule has 0 aromatic heterocycles. The minimum Gasteiger partial charge on any atom is -0.495 e. The van der Waals surface area contributed by atoms with Crippen LogP contribution in [0.15, 0.2) is 54.6 Å². The maximum absolute atomic E-state index is 11.9. The summed E-state index contributed by atoms with van der Waals surface area (Å²) >= 11 is 0. The number of benzene rings is 2. The highest BCUT2D eigenvalue weighted by Crippen LogP contribution is 2.22. The van der Waals surface area contributed by atoms with Crippen LogP contribution < -0.4 is 10.1 Å². The molecule has 0 atom stereocenters. The molecule has 0 spiro atoms. The van der Waals surface area contributed by atoms with Crippen LogP contribution >= 0.6 is 0 Å². The van der Waals surface area contributed by atoms with E-state index in [0.29, 0.717) is 17.0 Å². The fourth-order valence-electron chi connectivity index (χ4n) is 1.94. The van der Waals surface area contributed by atoms with Gasteiger partial charge in [0.25, 0.3) is 0 Å². The molecule has 0 aliphatic rings. The number of ether oxygens (including phenoxy) is 2. The molecule has 0 fully saturated rings. The minimum absolute atomic E-state index is 0.272. The van der Waals surface area contributed by atoms with E-state index in [9.17, 15) is 9.59 Å². The predicted molar refractivity (Wildman–Crippen MR) is 88.4 cm³/mol. The quantitative estimate of drug-likeness (QED) is 0.680. The van der Waals surface area contributed by atoms with Crippen LogP contribution in [0, 0.1) is 0 Å². The largest absolute Gasteiger partial charge is 0.495 e. The van der Waals surface area contributed by atoms with Crippen molar-refractivity contribution in [1.82, 2.24) is 0 Å². The summed E-state index contributed by atoms with van der Waals surface area (Å²) in [6, 6.07) is 13.9. The third-order valence-corrected chi connectivity index (χ3v) is 3.12. The highest BCUT2D eigenvalue weighted by atomic mass is 16.5. The lowest BCUT2D eigenvalue weighted by molar-refractivity contribution is -0.111. The molecular formula is C18H17NO4. The number of amides is 1. The normalized spacial score (nSPS) is 10.3. The zero-order valence-corrected chi connectivity index (χ0v) is 12.9. The van der Waals surface area contributed by atoms with E-state index in [4.69, 9.17) is 4.74 Å². The molecule has 1 amide bonds. The first-order valence-electron chi connectivity index (χ1n) is 6.94. The molecule has 5 heteroatoms. The number of esters is 1. The van der Waals surface area contributed by atoms with Crippen LogP contribution in [0.4, 0.5) is 5.69 Å². The van der Waals surface area contributed by atoms with Crippen LogP contribution in [0.2, 0.25) is 0 Å². The number of rotatable bonds is 5. The van der Waals surface area contributed by atoms with Crippen molar-refractivity contribution < 1.29 is 19.1 Å². The van der Waals surface area contributed by atoms with Gasteiger partial charge in [0.05, 0.1) is 25.5 Å². The molecule has 2 aromatic carbocycles. The van der Waals surface area contributed by atoms with Gasteiger partial charge in [-0.25, -0.2) is 4.79 Å². The maximum Gasteiger partial charge on any atom is 0.337 e. The van der Waals surface area contributed by atoms with Crippen molar-refractivity contribution >= 4 is 23.6 Å². The molecule has 0 heterocycles. The second-order valence-corrected chi connectivity index (χ2v) is 4.64. The van der Waals surface area contributed by atoms with Gasteiger partial charge in [0, 0.05) is 6.08 Å². The Hall–Kier alpha value is -3.08. The number of anilines is 1. The van der Waals surface area contributed by atoms with Crippen molar-refractivity contribution in [3.05, 3.63) is 65.7 Å². The van der Waals surface area contributed by atoms with Gasteiger partial charge in [-0.15, -0.1) is 0 Å². The van der Waals surface area contributed by atoms with Crippen molar-refractivity contribution in [3.63, 3.8) is 0 Å². The van der Waals surface area contributed by atoms with E-state index in [0.717, 1.165) is 5.56 Å². The van der Waals surface area contributed by atoms with Gasteiger partial charge in [-0.1, -0.05) is 24.3 Å². The van der Waals surface area contributed by atoms with Crippen LogP contribution in [0.25, 0.3) is 6.08 Å². The summed E-state index contributed by atoms with van der Waals surface area (Å²) in [4.78, 5) is 23.3. The molecule has 0 saturated heterocycles. The first kappa shape index (κ1) is 16.3. The molecule has 0 saturated carbocycles. The van der Waals surface area contributed by atoms with Gasteiger partial charge < -0.3 is 14.8 Å². The second kappa shape index (κ2) is 7.79. The molecule has 0 aliphatic carbocycles. The molecule has 1 N–H and O–H groups in total. The van der Waals surface area contributed by atoms with Gasteiger partial charge in [0.2, 0.25) is 5.91 Å². The van der Waals surface area contributed by atoms with Gasteiger partial charge in [-0.3, -0.25) is 4.79 Å². The summed E-state index contributed by atoms with van der Waals surface area (Å²) < 4.78 is 9.80. The zero-order chi connectivity index (χ0) is 16.7. The fourth-order valence-corrected chi connectivity index (χ4v) is 1.94. The lowest BCUT2D eigenvalue weighted by Gasteiger charge is -2.07. The standard InChI is InChI=1S/C18H17NO4/c1-22-16-6-4-3-5-15(16)19-17(20)12-9-13-7-10-14(11-8-13)18(21)23-2/h3-12H,1-2H3,(H,19,20). The summed E-state index contributed by atoms with van der Waals surface area (Å²) in [7, 11) is 2.88. The van der Waals surface area contributed by atoms with Crippen LogP contribution in [-0.2, 0) is 9.53 Å². The molecule has 118 valence electrons. The average molecular weight is 311 g/mol. The monoisotopic (exact) mass is 311 g/mol. The Bertz CT molecular complexity index is 720. The van der Waals surface area contributed by atoms with E-state index < -0.39 is 5.97 Å². The maximum atomic E-state index is 11.9. The van der Waals surface area contributed by atoms with Crippen LogP contribution in [0.5, 0.6) is 5.75 Å². The first-order valence-corrected chi connectivity index (χ1v) is 6.94. The van der Waals surface area contributed by atoms with E-state index in [1.54, 1.807) is 49.6 Å². The third kappa shape index (κ3) is 4.44. The first-order chi connectivity index (χ1) is 11.1. The molecule has 5 nitrogen and oxygen atoms in total. The van der Waals surface area contributed by atoms with E-state index in [2.05, 4.69) is 10.1 Å². The molecule has 0 radical (unpaired) electrons.